The summed E-state index contributed by atoms with van der Waals surface area (Å²) in [7, 11) is 1.41. The fourth-order valence-corrected chi connectivity index (χ4v) is 5.42. The van der Waals surface area contributed by atoms with Gasteiger partial charge in [-0.3, -0.25) is 9.59 Å². The number of allylic oxidation sites excluding steroid dienone is 1. The molecule has 0 N–H and O–H groups in total. The molecule has 6 heteroatoms. The third kappa shape index (κ3) is 3.07. The average Bonchev–Trinajstić information content (AvgIpc) is 2.70. The Hall–Kier alpha value is -1.52. The van der Waals surface area contributed by atoms with Crippen molar-refractivity contribution in [3.8, 4) is 0 Å². The number of methoxy groups -OCH3 is 1. The minimum Gasteiger partial charge on any atom is -0.469 e. The summed E-state index contributed by atoms with van der Waals surface area (Å²) in [4.78, 5) is 28.4. The Kier molecular flexibility index (Phi) is 5.21. The quantitative estimate of drug-likeness (QED) is 0.664. The van der Waals surface area contributed by atoms with Crippen LogP contribution in [0.3, 0.4) is 0 Å². The molecule has 1 saturated heterocycles. The van der Waals surface area contributed by atoms with Gasteiger partial charge in [0.15, 0.2) is 5.78 Å². The van der Waals surface area contributed by atoms with E-state index in [2.05, 4.69) is 4.90 Å². The molecule has 1 aliphatic carbocycles. The Morgan fingerprint density at radius 1 is 1.19 bits per heavy atom. The predicted octanol–water partition coefficient (Wildman–Crippen LogP) is 4.74. The van der Waals surface area contributed by atoms with Gasteiger partial charge in [0.05, 0.1) is 35.0 Å². The Balaban J connectivity index is 1.92. The molecule has 1 fully saturated rings. The number of benzene rings is 1. The average molecular weight is 408 g/mol. The number of rotatable bonds is 2. The Morgan fingerprint density at radius 2 is 2.00 bits per heavy atom. The molecule has 4 nitrogen and oxygen atoms in total. The molecule has 4 rings (SSSR count). The zero-order valence-corrected chi connectivity index (χ0v) is 16.9. The van der Waals surface area contributed by atoms with Crippen LogP contribution in [0.4, 0.5) is 0 Å². The van der Waals surface area contributed by atoms with E-state index in [-0.39, 0.29) is 17.8 Å². The number of esters is 1. The zero-order valence-electron chi connectivity index (χ0n) is 15.3. The summed E-state index contributed by atoms with van der Waals surface area (Å²) in [6.45, 7) is 0.874. The molecule has 0 saturated carbocycles. The maximum Gasteiger partial charge on any atom is 0.312 e. The molecule has 27 heavy (non-hydrogen) atoms. The lowest BCUT2D eigenvalue weighted by Gasteiger charge is -2.48. The molecule has 2 heterocycles. The van der Waals surface area contributed by atoms with Gasteiger partial charge in [0.2, 0.25) is 0 Å². The van der Waals surface area contributed by atoms with E-state index in [1.807, 2.05) is 12.1 Å². The van der Waals surface area contributed by atoms with Crippen LogP contribution in [-0.2, 0) is 14.3 Å². The van der Waals surface area contributed by atoms with Gasteiger partial charge in [-0.2, -0.15) is 0 Å². The lowest BCUT2D eigenvalue weighted by molar-refractivity contribution is -0.145. The van der Waals surface area contributed by atoms with Crippen molar-refractivity contribution in [3.63, 3.8) is 0 Å². The summed E-state index contributed by atoms with van der Waals surface area (Å²) >= 11 is 12.8. The van der Waals surface area contributed by atoms with E-state index in [0.717, 1.165) is 49.9 Å². The van der Waals surface area contributed by atoms with Crippen molar-refractivity contribution in [1.29, 1.82) is 0 Å². The molecule has 0 radical (unpaired) electrons. The van der Waals surface area contributed by atoms with Crippen LogP contribution in [0.2, 0.25) is 10.0 Å². The molecule has 3 aliphatic rings. The molecule has 0 spiro atoms. The number of ether oxygens (including phenoxy) is 1. The van der Waals surface area contributed by atoms with Gasteiger partial charge in [0.25, 0.3) is 0 Å². The molecular formula is C21H23Cl2NO3. The van der Waals surface area contributed by atoms with Gasteiger partial charge in [0.1, 0.15) is 0 Å². The van der Waals surface area contributed by atoms with Crippen LogP contribution in [0.15, 0.2) is 29.5 Å². The first-order valence-corrected chi connectivity index (χ1v) is 10.3. The minimum absolute atomic E-state index is 0.131. The van der Waals surface area contributed by atoms with E-state index in [1.165, 1.54) is 7.11 Å². The predicted molar refractivity (Wildman–Crippen MR) is 105 cm³/mol. The smallest absolute Gasteiger partial charge is 0.312 e. The molecule has 2 aliphatic heterocycles. The van der Waals surface area contributed by atoms with Crippen LogP contribution in [0, 0.1) is 5.92 Å². The fourth-order valence-electron chi connectivity index (χ4n) is 5.00. The number of fused-ring (bicyclic) bond motifs is 2. The molecule has 3 unspecified atom stereocenters. The van der Waals surface area contributed by atoms with Gasteiger partial charge < -0.3 is 9.64 Å². The van der Waals surface area contributed by atoms with Crippen molar-refractivity contribution in [2.24, 2.45) is 5.92 Å². The third-order valence-corrected chi connectivity index (χ3v) is 7.00. The number of nitrogens with zero attached hydrogens (tertiary/aromatic N) is 1. The van der Waals surface area contributed by atoms with E-state index in [9.17, 15) is 9.59 Å². The summed E-state index contributed by atoms with van der Waals surface area (Å²) in [5.41, 5.74) is 2.75. The van der Waals surface area contributed by atoms with Gasteiger partial charge >= 0.3 is 5.97 Å². The molecule has 1 aromatic rings. The van der Waals surface area contributed by atoms with Crippen LogP contribution < -0.4 is 0 Å². The van der Waals surface area contributed by atoms with Crippen molar-refractivity contribution in [2.75, 3.05) is 13.7 Å². The normalized spacial score (nSPS) is 27.9. The fraction of sp³-hybridized carbons (Fsp3) is 0.524. The number of ketones is 1. The van der Waals surface area contributed by atoms with Crippen molar-refractivity contribution in [2.45, 2.75) is 50.5 Å². The first-order valence-electron chi connectivity index (χ1n) is 9.59. The Morgan fingerprint density at radius 3 is 2.78 bits per heavy atom. The Labute approximate surface area is 169 Å². The van der Waals surface area contributed by atoms with Crippen LogP contribution >= 0.6 is 23.2 Å². The summed E-state index contributed by atoms with van der Waals surface area (Å²) in [5, 5.41) is 0.837. The number of piperidine rings is 1. The number of carbonyl (C=O) groups excluding carboxylic acids is 2. The van der Waals surface area contributed by atoms with Crippen molar-refractivity contribution in [1.82, 2.24) is 4.90 Å². The molecule has 0 bridgehead atoms. The van der Waals surface area contributed by atoms with Crippen molar-refractivity contribution >= 4 is 35.0 Å². The summed E-state index contributed by atoms with van der Waals surface area (Å²) < 4.78 is 5.09. The highest BCUT2D eigenvalue weighted by molar-refractivity contribution is 6.42. The highest BCUT2D eigenvalue weighted by Crippen LogP contribution is 2.49. The first kappa shape index (κ1) is 18.8. The van der Waals surface area contributed by atoms with Gasteiger partial charge in [-0.1, -0.05) is 35.3 Å². The van der Waals surface area contributed by atoms with E-state index in [1.54, 1.807) is 6.07 Å². The molecule has 0 amide bonds. The maximum absolute atomic E-state index is 13.6. The van der Waals surface area contributed by atoms with Crippen LogP contribution in [0.25, 0.3) is 0 Å². The highest BCUT2D eigenvalue weighted by atomic mass is 35.5. The Bertz CT molecular complexity index is 820. The maximum atomic E-state index is 13.6. The number of hydrogen-bond acceptors (Lipinski definition) is 4. The van der Waals surface area contributed by atoms with Gasteiger partial charge in [-0.15, -0.1) is 0 Å². The third-order valence-electron chi connectivity index (χ3n) is 6.17. The van der Waals surface area contributed by atoms with Crippen LogP contribution in [0.5, 0.6) is 0 Å². The van der Waals surface area contributed by atoms with Gasteiger partial charge in [0, 0.05) is 12.2 Å². The summed E-state index contributed by atoms with van der Waals surface area (Å²) in [5.74, 6) is -1.05. The zero-order chi connectivity index (χ0) is 19.1. The number of halogens is 2. The number of carbonyl (C=O) groups is 2. The monoisotopic (exact) mass is 407 g/mol. The van der Waals surface area contributed by atoms with E-state index in [4.69, 9.17) is 27.9 Å². The van der Waals surface area contributed by atoms with E-state index < -0.39 is 11.8 Å². The second kappa shape index (κ2) is 7.48. The molecule has 144 valence electrons. The molecule has 3 atom stereocenters. The molecule has 1 aromatic carbocycles. The second-order valence-electron chi connectivity index (χ2n) is 7.55. The standard InChI is InChI=1S/C21H23Cl2NO3/c1-27-21(26)13-7-5-10-15-17(13)18(12-6-4-8-14(22)19(12)23)20(25)16-9-2-3-11-24(15)16/h4,6,8,13,16,18H,2-3,5,7,9-11H2,1H3. The highest BCUT2D eigenvalue weighted by Gasteiger charge is 2.48. The van der Waals surface area contributed by atoms with Gasteiger partial charge in [-0.25, -0.2) is 0 Å². The summed E-state index contributed by atoms with van der Waals surface area (Å²) in [6, 6.07) is 5.28. The number of Topliss-reactive ketones (excluding diaryl/α,β-unsaturated/α-hetero) is 1. The van der Waals surface area contributed by atoms with E-state index in [0.29, 0.717) is 22.0 Å². The van der Waals surface area contributed by atoms with Crippen molar-refractivity contribution in [3.05, 3.63) is 45.1 Å². The van der Waals surface area contributed by atoms with Crippen LogP contribution in [0.1, 0.15) is 50.0 Å². The van der Waals surface area contributed by atoms with E-state index >= 15 is 0 Å². The SMILES string of the molecule is COC(=O)C1CCCC2=C1C(c1cccc(Cl)c1Cl)C(=O)C1CCCCN21. The second-order valence-corrected chi connectivity index (χ2v) is 8.34. The van der Waals surface area contributed by atoms with Crippen LogP contribution in [-0.4, -0.2) is 36.3 Å². The lowest BCUT2D eigenvalue weighted by atomic mass is 9.69. The summed E-state index contributed by atoms with van der Waals surface area (Å²) in [6.07, 6.45) is 5.49. The topological polar surface area (TPSA) is 46.6 Å². The minimum atomic E-state index is -0.519. The number of hydrogen-bond donors (Lipinski definition) is 0. The first-order chi connectivity index (χ1) is 13.0. The lowest BCUT2D eigenvalue weighted by Crippen LogP contribution is -2.52. The van der Waals surface area contributed by atoms with Crippen molar-refractivity contribution < 1.29 is 14.3 Å². The largest absolute Gasteiger partial charge is 0.469 e. The molecular weight excluding hydrogens is 385 g/mol. The van der Waals surface area contributed by atoms with Gasteiger partial charge in [-0.05, 0) is 55.7 Å². The molecule has 0 aromatic heterocycles.